The van der Waals surface area contributed by atoms with Crippen molar-refractivity contribution in [3.05, 3.63) is 11.9 Å². The van der Waals surface area contributed by atoms with Gasteiger partial charge in [0.25, 0.3) is 0 Å². The van der Waals surface area contributed by atoms with Crippen molar-refractivity contribution >= 4 is 15.8 Å². The molecule has 3 rings (SSSR count). The molecule has 0 aliphatic carbocycles. The normalized spacial score (nSPS) is 23.5. The number of hydrogen-bond donors (Lipinski definition) is 1. The quantitative estimate of drug-likeness (QED) is 0.898. The summed E-state index contributed by atoms with van der Waals surface area (Å²) in [6.07, 6.45) is 10.9. The second-order valence-electron chi connectivity index (χ2n) is 6.99. The number of piperidine rings is 1. The fourth-order valence-corrected chi connectivity index (χ4v) is 4.47. The van der Waals surface area contributed by atoms with Gasteiger partial charge in [-0.3, -0.25) is 0 Å². The van der Waals surface area contributed by atoms with Gasteiger partial charge < -0.3 is 10.2 Å². The third-order valence-corrected chi connectivity index (χ3v) is 6.11. The van der Waals surface area contributed by atoms with Gasteiger partial charge >= 0.3 is 0 Å². The van der Waals surface area contributed by atoms with Crippen LogP contribution in [0.15, 0.2) is 11.1 Å². The minimum atomic E-state index is -3.31. The zero-order valence-electron chi connectivity index (χ0n) is 14.5. The summed E-state index contributed by atoms with van der Waals surface area (Å²) in [5.74, 6) is 0.852. The Kier molecular flexibility index (Phi) is 5.71. The number of nitrogens with one attached hydrogen (secondary N) is 1. The molecule has 134 valence electrons. The minimum absolute atomic E-state index is 0.153. The highest BCUT2D eigenvalue weighted by Gasteiger charge is 2.26. The van der Waals surface area contributed by atoms with Crippen molar-refractivity contribution in [2.45, 2.75) is 55.8 Å². The van der Waals surface area contributed by atoms with E-state index in [0.29, 0.717) is 16.5 Å². The van der Waals surface area contributed by atoms with Crippen molar-refractivity contribution < 1.29 is 8.42 Å². The van der Waals surface area contributed by atoms with Crippen molar-refractivity contribution in [1.82, 2.24) is 15.3 Å². The molecular weight excluding hydrogens is 324 g/mol. The lowest BCUT2D eigenvalue weighted by molar-refractivity contribution is 0.447. The molecule has 7 heteroatoms. The Morgan fingerprint density at radius 2 is 1.83 bits per heavy atom. The predicted octanol–water partition coefficient (Wildman–Crippen LogP) is 2.12. The van der Waals surface area contributed by atoms with E-state index >= 15 is 0 Å². The lowest BCUT2D eigenvalue weighted by Gasteiger charge is -2.28. The number of hydrogen-bond acceptors (Lipinski definition) is 6. The Balaban J connectivity index is 1.93. The standard InChI is InChI=1S/C17H28N4O2S/c1-24(22,23)15-13-19-17(21-10-5-3-2-4-6-11-21)20-16(15)14-8-7-9-18-12-14/h13-14,18H,2-12H2,1H3/t14-/m0/s1. The van der Waals surface area contributed by atoms with Crippen LogP contribution in [-0.4, -0.2) is 50.8 Å². The summed E-state index contributed by atoms with van der Waals surface area (Å²) in [7, 11) is -3.31. The fraction of sp³-hybridized carbons (Fsp3) is 0.765. The summed E-state index contributed by atoms with van der Waals surface area (Å²) in [5.41, 5.74) is 0.705. The molecule has 6 nitrogen and oxygen atoms in total. The van der Waals surface area contributed by atoms with Gasteiger partial charge in [0.05, 0.1) is 11.9 Å². The molecular formula is C17H28N4O2S. The summed E-state index contributed by atoms with van der Waals surface area (Å²) < 4.78 is 24.3. The van der Waals surface area contributed by atoms with E-state index in [4.69, 9.17) is 4.98 Å². The van der Waals surface area contributed by atoms with Crippen molar-refractivity contribution in [3.63, 3.8) is 0 Å². The molecule has 1 N–H and O–H groups in total. The number of anilines is 1. The van der Waals surface area contributed by atoms with Gasteiger partial charge in [0.2, 0.25) is 5.95 Å². The van der Waals surface area contributed by atoms with E-state index < -0.39 is 9.84 Å². The van der Waals surface area contributed by atoms with Gasteiger partial charge in [-0.25, -0.2) is 18.4 Å². The van der Waals surface area contributed by atoms with Crippen LogP contribution in [0.2, 0.25) is 0 Å². The number of sulfone groups is 1. The van der Waals surface area contributed by atoms with Gasteiger partial charge in [0.1, 0.15) is 4.90 Å². The molecule has 0 bridgehead atoms. The number of aromatic nitrogens is 2. The highest BCUT2D eigenvalue weighted by Crippen LogP contribution is 2.29. The smallest absolute Gasteiger partial charge is 0.225 e. The molecule has 2 aliphatic heterocycles. The van der Waals surface area contributed by atoms with E-state index in [-0.39, 0.29) is 5.92 Å². The van der Waals surface area contributed by atoms with Crippen LogP contribution in [0.5, 0.6) is 0 Å². The molecule has 2 fully saturated rings. The summed E-state index contributed by atoms with van der Waals surface area (Å²) in [6.45, 7) is 3.70. The lowest BCUT2D eigenvalue weighted by Crippen LogP contribution is -2.32. The van der Waals surface area contributed by atoms with E-state index in [0.717, 1.165) is 51.9 Å². The van der Waals surface area contributed by atoms with Crippen molar-refractivity contribution in [2.24, 2.45) is 0 Å². The molecule has 2 aliphatic rings. The van der Waals surface area contributed by atoms with Gasteiger partial charge in [-0.1, -0.05) is 19.3 Å². The third kappa shape index (κ3) is 4.25. The lowest BCUT2D eigenvalue weighted by atomic mass is 9.96. The molecule has 1 aromatic rings. The molecule has 2 saturated heterocycles. The Hall–Kier alpha value is -1.21. The van der Waals surface area contributed by atoms with Crippen LogP contribution in [-0.2, 0) is 9.84 Å². The van der Waals surface area contributed by atoms with E-state index in [9.17, 15) is 8.42 Å². The first-order valence-electron chi connectivity index (χ1n) is 9.08. The van der Waals surface area contributed by atoms with E-state index in [1.54, 1.807) is 0 Å². The highest BCUT2D eigenvalue weighted by atomic mass is 32.2. The third-order valence-electron chi connectivity index (χ3n) is 4.99. The minimum Gasteiger partial charge on any atom is -0.341 e. The average Bonchev–Trinajstić information content (AvgIpc) is 2.54. The van der Waals surface area contributed by atoms with Crippen LogP contribution < -0.4 is 10.2 Å². The predicted molar refractivity (Wildman–Crippen MR) is 95.3 cm³/mol. The van der Waals surface area contributed by atoms with Gasteiger partial charge in [0, 0.05) is 31.8 Å². The fourth-order valence-electron chi connectivity index (χ4n) is 3.64. The maximum atomic E-state index is 12.2. The summed E-state index contributed by atoms with van der Waals surface area (Å²) in [5, 5.41) is 3.36. The van der Waals surface area contributed by atoms with Crippen molar-refractivity contribution in [1.29, 1.82) is 0 Å². The molecule has 0 saturated carbocycles. The Morgan fingerprint density at radius 1 is 1.12 bits per heavy atom. The highest BCUT2D eigenvalue weighted by molar-refractivity contribution is 7.90. The first-order chi connectivity index (χ1) is 11.6. The Morgan fingerprint density at radius 3 is 2.46 bits per heavy atom. The van der Waals surface area contributed by atoms with Crippen LogP contribution in [0.3, 0.4) is 0 Å². The molecule has 1 atom stereocenters. The van der Waals surface area contributed by atoms with Gasteiger partial charge in [-0.15, -0.1) is 0 Å². The second-order valence-corrected chi connectivity index (χ2v) is 8.97. The second kappa shape index (κ2) is 7.78. The average molecular weight is 353 g/mol. The van der Waals surface area contributed by atoms with Crippen LogP contribution in [0, 0.1) is 0 Å². The maximum absolute atomic E-state index is 12.2. The zero-order valence-corrected chi connectivity index (χ0v) is 15.3. The molecule has 0 amide bonds. The Labute approximate surface area is 145 Å². The molecule has 1 aromatic heterocycles. The summed E-state index contributed by atoms with van der Waals surface area (Å²) in [6, 6.07) is 0. The summed E-state index contributed by atoms with van der Waals surface area (Å²) in [4.78, 5) is 11.7. The van der Waals surface area contributed by atoms with Gasteiger partial charge in [-0.2, -0.15) is 0 Å². The van der Waals surface area contributed by atoms with E-state index in [1.807, 2.05) is 0 Å². The summed E-state index contributed by atoms with van der Waals surface area (Å²) >= 11 is 0. The number of rotatable bonds is 3. The molecule has 0 unspecified atom stereocenters. The zero-order chi connectivity index (χ0) is 17.0. The van der Waals surface area contributed by atoms with E-state index in [1.165, 1.54) is 31.7 Å². The molecule has 24 heavy (non-hydrogen) atoms. The topological polar surface area (TPSA) is 75.2 Å². The maximum Gasteiger partial charge on any atom is 0.225 e. The molecule has 0 aromatic carbocycles. The van der Waals surface area contributed by atoms with Crippen LogP contribution in [0.25, 0.3) is 0 Å². The molecule has 0 radical (unpaired) electrons. The monoisotopic (exact) mass is 352 g/mol. The first kappa shape index (κ1) is 17.6. The van der Waals surface area contributed by atoms with Gasteiger partial charge in [-0.05, 0) is 32.2 Å². The SMILES string of the molecule is CS(=O)(=O)c1cnc(N2CCCCCCC2)nc1[C@H]1CCCNC1. The molecule has 3 heterocycles. The number of nitrogens with zero attached hydrogens (tertiary/aromatic N) is 3. The first-order valence-corrected chi connectivity index (χ1v) is 11.0. The Bertz CT molecular complexity index is 649. The van der Waals surface area contributed by atoms with Crippen LogP contribution in [0.4, 0.5) is 5.95 Å². The van der Waals surface area contributed by atoms with Crippen LogP contribution in [0.1, 0.15) is 56.6 Å². The largest absolute Gasteiger partial charge is 0.341 e. The molecule has 0 spiro atoms. The van der Waals surface area contributed by atoms with E-state index in [2.05, 4.69) is 15.2 Å². The van der Waals surface area contributed by atoms with Crippen LogP contribution >= 0.6 is 0 Å². The van der Waals surface area contributed by atoms with Crippen molar-refractivity contribution in [3.8, 4) is 0 Å². The van der Waals surface area contributed by atoms with Gasteiger partial charge in [0.15, 0.2) is 9.84 Å². The van der Waals surface area contributed by atoms with Crippen molar-refractivity contribution in [2.75, 3.05) is 37.3 Å².